The van der Waals surface area contributed by atoms with Crippen molar-refractivity contribution in [1.82, 2.24) is 5.32 Å². The van der Waals surface area contributed by atoms with E-state index in [0.29, 0.717) is 5.92 Å². The van der Waals surface area contributed by atoms with Gasteiger partial charge < -0.3 is 5.32 Å². The Labute approximate surface area is 130 Å². The molecule has 1 rings (SSSR count). The van der Waals surface area contributed by atoms with Crippen LogP contribution in [-0.4, -0.2) is 13.1 Å². The summed E-state index contributed by atoms with van der Waals surface area (Å²) in [6.07, 6.45) is 6.23. The van der Waals surface area contributed by atoms with Gasteiger partial charge >= 0.3 is 0 Å². The largest absolute Gasteiger partial charge is 0.316 e. The van der Waals surface area contributed by atoms with E-state index < -0.39 is 0 Å². The molecule has 0 radical (unpaired) electrons. The molecule has 114 valence electrons. The van der Waals surface area contributed by atoms with Crippen LogP contribution in [0, 0.1) is 11.8 Å². The fraction of sp³-hybridized carbons (Fsp3) is 0.667. The topological polar surface area (TPSA) is 12.0 Å². The third-order valence-electron chi connectivity index (χ3n) is 4.09. The summed E-state index contributed by atoms with van der Waals surface area (Å²) in [5.41, 5.74) is 1.37. The van der Waals surface area contributed by atoms with Crippen molar-refractivity contribution in [3.8, 4) is 0 Å². The van der Waals surface area contributed by atoms with Gasteiger partial charge in [0.1, 0.15) is 0 Å². The zero-order valence-electron chi connectivity index (χ0n) is 13.3. The van der Waals surface area contributed by atoms with E-state index >= 15 is 0 Å². The van der Waals surface area contributed by atoms with Gasteiger partial charge in [0.2, 0.25) is 0 Å². The van der Waals surface area contributed by atoms with Gasteiger partial charge in [-0.3, -0.25) is 0 Å². The highest BCUT2D eigenvalue weighted by Gasteiger charge is 2.15. The standard InChI is InChI=1S/C18H30ClN/c1-4-10-20-14-17(11-15(5-2)6-3)12-16-8-7-9-18(19)13-16/h7-9,13,15,17,20H,4-6,10-12,14H2,1-3H3. The quantitative estimate of drug-likeness (QED) is 0.576. The smallest absolute Gasteiger partial charge is 0.0408 e. The Morgan fingerprint density at radius 1 is 1.10 bits per heavy atom. The minimum atomic E-state index is 0.713. The second kappa shape index (κ2) is 10.2. The highest BCUT2D eigenvalue weighted by atomic mass is 35.5. The molecule has 0 fully saturated rings. The van der Waals surface area contributed by atoms with Gasteiger partial charge in [-0.05, 0) is 61.9 Å². The lowest BCUT2D eigenvalue weighted by Crippen LogP contribution is -2.26. The Bertz CT molecular complexity index is 360. The minimum Gasteiger partial charge on any atom is -0.316 e. The van der Waals surface area contributed by atoms with Gasteiger partial charge in [0, 0.05) is 5.02 Å². The van der Waals surface area contributed by atoms with Crippen molar-refractivity contribution in [1.29, 1.82) is 0 Å². The lowest BCUT2D eigenvalue weighted by Gasteiger charge is -2.22. The molecule has 0 saturated heterocycles. The third-order valence-corrected chi connectivity index (χ3v) is 4.33. The van der Waals surface area contributed by atoms with Gasteiger partial charge in [-0.1, -0.05) is 57.3 Å². The molecule has 1 unspecified atom stereocenters. The van der Waals surface area contributed by atoms with Crippen LogP contribution in [0.1, 0.15) is 52.0 Å². The first-order valence-electron chi connectivity index (χ1n) is 8.14. The molecule has 0 spiro atoms. The lowest BCUT2D eigenvalue weighted by molar-refractivity contribution is 0.338. The molecule has 20 heavy (non-hydrogen) atoms. The molecule has 1 aromatic rings. The van der Waals surface area contributed by atoms with Crippen LogP contribution in [0.25, 0.3) is 0 Å². The molecule has 0 bridgehead atoms. The van der Waals surface area contributed by atoms with E-state index in [1.807, 2.05) is 6.07 Å². The molecule has 0 heterocycles. The predicted molar refractivity (Wildman–Crippen MR) is 90.5 cm³/mol. The van der Waals surface area contributed by atoms with Crippen molar-refractivity contribution < 1.29 is 0 Å². The molecule has 0 aromatic heterocycles. The minimum absolute atomic E-state index is 0.713. The summed E-state index contributed by atoms with van der Waals surface area (Å²) in [6.45, 7) is 9.08. The summed E-state index contributed by atoms with van der Waals surface area (Å²) in [5.74, 6) is 1.56. The first-order chi connectivity index (χ1) is 9.69. The van der Waals surface area contributed by atoms with E-state index in [1.54, 1.807) is 0 Å². The van der Waals surface area contributed by atoms with Crippen LogP contribution < -0.4 is 5.32 Å². The molecule has 1 aromatic carbocycles. The fourth-order valence-electron chi connectivity index (χ4n) is 2.81. The van der Waals surface area contributed by atoms with Gasteiger partial charge in [0.15, 0.2) is 0 Å². The van der Waals surface area contributed by atoms with Crippen molar-refractivity contribution in [3.05, 3.63) is 34.9 Å². The second-order valence-corrected chi connectivity index (χ2v) is 6.26. The average molecular weight is 296 g/mol. The summed E-state index contributed by atoms with van der Waals surface area (Å²) < 4.78 is 0. The van der Waals surface area contributed by atoms with E-state index in [1.165, 1.54) is 31.2 Å². The molecule has 1 nitrogen and oxygen atoms in total. The molecular weight excluding hydrogens is 266 g/mol. The number of rotatable bonds is 10. The highest BCUT2D eigenvalue weighted by Crippen LogP contribution is 2.23. The van der Waals surface area contributed by atoms with Crippen molar-refractivity contribution in [2.24, 2.45) is 11.8 Å². The zero-order valence-corrected chi connectivity index (χ0v) is 14.0. The number of halogens is 1. The molecule has 2 heteroatoms. The predicted octanol–water partition coefficient (Wildman–Crippen LogP) is 5.32. The Morgan fingerprint density at radius 2 is 1.85 bits per heavy atom. The number of nitrogens with one attached hydrogen (secondary N) is 1. The van der Waals surface area contributed by atoms with E-state index in [9.17, 15) is 0 Å². The summed E-state index contributed by atoms with van der Waals surface area (Å²) in [5, 5.41) is 4.44. The monoisotopic (exact) mass is 295 g/mol. The van der Waals surface area contributed by atoms with Crippen molar-refractivity contribution in [2.45, 2.75) is 52.9 Å². The number of benzene rings is 1. The van der Waals surface area contributed by atoms with E-state index in [4.69, 9.17) is 11.6 Å². The molecule has 1 N–H and O–H groups in total. The average Bonchev–Trinajstić information content (AvgIpc) is 2.44. The first-order valence-corrected chi connectivity index (χ1v) is 8.52. The Hall–Kier alpha value is -0.530. The number of hydrogen-bond donors (Lipinski definition) is 1. The van der Waals surface area contributed by atoms with E-state index in [-0.39, 0.29) is 0 Å². The highest BCUT2D eigenvalue weighted by molar-refractivity contribution is 6.30. The van der Waals surface area contributed by atoms with Crippen molar-refractivity contribution >= 4 is 11.6 Å². The van der Waals surface area contributed by atoms with Gasteiger partial charge in [-0.2, -0.15) is 0 Å². The van der Waals surface area contributed by atoms with Gasteiger partial charge in [-0.25, -0.2) is 0 Å². The zero-order chi connectivity index (χ0) is 14.8. The van der Waals surface area contributed by atoms with Crippen LogP contribution in [0.15, 0.2) is 24.3 Å². The summed E-state index contributed by atoms with van der Waals surface area (Å²) in [4.78, 5) is 0. The Kier molecular flexibility index (Phi) is 8.97. The van der Waals surface area contributed by atoms with E-state index in [2.05, 4.69) is 44.3 Å². The summed E-state index contributed by atoms with van der Waals surface area (Å²) in [6, 6.07) is 8.33. The fourth-order valence-corrected chi connectivity index (χ4v) is 3.03. The molecule has 0 amide bonds. The maximum Gasteiger partial charge on any atom is 0.0408 e. The van der Waals surface area contributed by atoms with Gasteiger partial charge in [0.05, 0.1) is 0 Å². The SMILES string of the molecule is CCCNCC(Cc1cccc(Cl)c1)CC(CC)CC. The Morgan fingerprint density at radius 3 is 2.45 bits per heavy atom. The molecule has 1 atom stereocenters. The van der Waals surface area contributed by atoms with Gasteiger partial charge in [-0.15, -0.1) is 0 Å². The van der Waals surface area contributed by atoms with Crippen LogP contribution in [0.4, 0.5) is 0 Å². The van der Waals surface area contributed by atoms with Crippen molar-refractivity contribution in [2.75, 3.05) is 13.1 Å². The summed E-state index contributed by atoms with van der Waals surface area (Å²) in [7, 11) is 0. The van der Waals surface area contributed by atoms with Crippen LogP contribution in [0.2, 0.25) is 5.02 Å². The maximum absolute atomic E-state index is 6.10. The molecule has 0 aliphatic rings. The number of hydrogen-bond acceptors (Lipinski definition) is 1. The molecule has 0 aliphatic heterocycles. The second-order valence-electron chi connectivity index (χ2n) is 5.82. The summed E-state index contributed by atoms with van der Waals surface area (Å²) >= 11 is 6.10. The normalized spacial score (nSPS) is 12.8. The molecule has 0 aliphatic carbocycles. The van der Waals surface area contributed by atoms with Crippen LogP contribution >= 0.6 is 11.6 Å². The Balaban J connectivity index is 2.60. The third kappa shape index (κ3) is 6.76. The van der Waals surface area contributed by atoms with Crippen molar-refractivity contribution in [3.63, 3.8) is 0 Å². The lowest BCUT2D eigenvalue weighted by atomic mass is 9.86. The molecule has 0 saturated carbocycles. The van der Waals surface area contributed by atoms with E-state index in [0.717, 1.165) is 30.5 Å². The van der Waals surface area contributed by atoms with Crippen LogP contribution in [0.3, 0.4) is 0 Å². The van der Waals surface area contributed by atoms with Crippen LogP contribution in [0.5, 0.6) is 0 Å². The maximum atomic E-state index is 6.10. The van der Waals surface area contributed by atoms with Gasteiger partial charge in [0.25, 0.3) is 0 Å². The van der Waals surface area contributed by atoms with Crippen LogP contribution in [-0.2, 0) is 6.42 Å². The first kappa shape index (κ1) is 17.5. The molecular formula is C18H30ClN.